The van der Waals surface area contributed by atoms with Crippen molar-refractivity contribution < 1.29 is 35.9 Å². The van der Waals surface area contributed by atoms with Crippen molar-refractivity contribution in [2.45, 2.75) is 37.9 Å². The lowest BCUT2D eigenvalue weighted by molar-refractivity contribution is -0.130. The molecule has 11 nitrogen and oxygen atoms in total. The minimum atomic E-state index is -4.60. The van der Waals surface area contributed by atoms with Crippen molar-refractivity contribution in [3.63, 3.8) is 0 Å². The number of allylic oxidation sites excluding steroid dienone is 1. The average Bonchev–Trinajstić information content (AvgIpc) is 3.25. The number of piperidine rings is 1. The topological polar surface area (TPSA) is 145 Å². The Morgan fingerprint density at radius 2 is 1.78 bits per heavy atom. The van der Waals surface area contributed by atoms with Gasteiger partial charge in [-0.1, -0.05) is 6.07 Å². The van der Waals surface area contributed by atoms with E-state index in [0.717, 1.165) is 24.4 Å². The van der Waals surface area contributed by atoms with Crippen molar-refractivity contribution >= 4 is 30.2 Å². The first kappa shape index (κ1) is 27.8. The fourth-order valence-electron chi connectivity index (χ4n) is 4.41. The number of amides is 1. The maximum Gasteiger partial charge on any atom is 0.415 e. The first-order chi connectivity index (χ1) is 19.5. The van der Waals surface area contributed by atoms with Gasteiger partial charge in [0.05, 0.1) is 17.0 Å². The monoisotopic (exact) mass is 576 g/mol. The van der Waals surface area contributed by atoms with Crippen LogP contribution in [0.1, 0.15) is 36.0 Å². The number of likely N-dealkylation sites (tertiary alicyclic amines) is 1. The number of aryl methyl sites for hydroxylation is 1. The molecule has 1 amide bonds. The fraction of sp³-hybridized carbons (Fsp3) is 0.320. The van der Waals surface area contributed by atoms with Gasteiger partial charge in [-0.3, -0.25) is 9.98 Å². The number of alkyl halides is 3. The lowest BCUT2D eigenvalue weighted by Crippen LogP contribution is -2.40. The highest BCUT2D eigenvalue weighted by Gasteiger charge is 2.38. The molecule has 0 bridgehead atoms. The van der Waals surface area contributed by atoms with Crippen LogP contribution in [0.5, 0.6) is 5.75 Å². The fourth-order valence-corrected chi connectivity index (χ4v) is 4.41. The maximum absolute atomic E-state index is 13.9. The quantitative estimate of drug-likeness (QED) is 0.447. The van der Waals surface area contributed by atoms with Gasteiger partial charge in [0.25, 0.3) is 11.8 Å². The van der Waals surface area contributed by atoms with Crippen molar-refractivity contribution in [1.82, 2.24) is 25.1 Å². The van der Waals surface area contributed by atoms with Crippen LogP contribution in [-0.4, -0.2) is 68.9 Å². The number of anilines is 1. The third kappa shape index (κ3) is 5.90. The van der Waals surface area contributed by atoms with Gasteiger partial charge < -0.3 is 19.8 Å². The summed E-state index contributed by atoms with van der Waals surface area (Å²) >= 11 is 0. The van der Waals surface area contributed by atoms with E-state index in [1.54, 1.807) is 6.92 Å². The Kier molecular flexibility index (Phi) is 7.47. The smallest absolute Gasteiger partial charge is 0.414 e. The van der Waals surface area contributed by atoms with Crippen LogP contribution in [0.4, 0.5) is 32.7 Å². The number of nitrogen functional groups attached to an aromatic ring is 1. The first-order valence-electron chi connectivity index (χ1n) is 12.2. The number of hydrogen-bond acceptors (Lipinski definition) is 10. The Balaban J connectivity index is 1.34. The number of aliphatic imine (C=N–C) groups is 2. The minimum Gasteiger partial charge on any atom is -0.414 e. The molecule has 1 fully saturated rings. The highest BCUT2D eigenvalue weighted by molar-refractivity contribution is 5.89. The second kappa shape index (κ2) is 11.0. The largest absolute Gasteiger partial charge is 0.415 e. The van der Waals surface area contributed by atoms with Gasteiger partial charge in [-0.2, -0.15) is 13.2 Å². The van der Waals surface area contributed by atoms with E-state index in [1.807, 2.05) is 0 Å². The number of nitrogens with two attached hydrogens (primary N) is 1. The van der Waals surface area contributed by atoms with Crippen molar-refractivity contribution in [3.05, 3.63) is 53.2 Å². The van der Waals surface area contributed by atoms with Crippen molar-refractivity contribution in [2.75, 3.05) is 18.8 Å². The number of benzene rings is 1. The van der Waals surface area contributed by atoms with Gasteiger partial charge in [-0.05, 0) is 38.0 Å². The predicted molar refractivity (Wildman–Crippen MR) is 135 cm³/mol. The zero-order valence-corrected chi connectivity index (χ0v) is 21.3. The van der Waals surface area contributed by atoms with Crippen molar-refractivity contribution in [3.8, 4) is 17.2 Å². The van der Waals surface area contributed by atoms with Gasteiger partial charge >= 0.3 is 12.3 Å². The highest BCUT2D eigenvalue weighted by Crippen LogP contribution is 2.36. The molecular weight excluding hydrogens is 555 g/mol. The van der Waals surface area contributed by atoms with E-state index in [0.29, 0.717) is 36.0 Å². The zero-order chi connectivity index (χ0) is 29.3. The van der Waals surface area contributed by atoms with E-state index in [1.165, 1.54) is 11.0 Å². The molecule has 3 aromatic rings. The van der Waals surface area contributed by atoms with Gasteiger partial charge in [-0.15, -0.1) is 10.2 Å². The predicted octanol–water partition coefficient (Wildman–Crippen LogP) is 4.50. The molecule has 0 radical (unpaired) electrons. The number of carbonyl (C=O) groups is 1. The van der Waals surface area contributed by atoms with Gasteiger partial charge in [0.15, 0.2) is 17.7 Å². The number of aromatic nitrogens is 4. The Labute approximate surface area is 228 Å². The third-order valence-corrected chi connectivity index (χ3v) is 6.41. The average molecular weight is 576 g/mol. The number of hydrogen-bond donors (Lipinski definition) is 1. The number of carbonyl (C=O) groups excluding carboxylic acids is 1. The molecule has 0 spiro atoms. The van der Waals surface area contributed by atoms with Gasteiger partial charge in [0.2, 0.25) is 11.7 Å². The van der Waals surface area contributed by atoms with Crippen LogP contribution < -0.4 is 10.5 Å². The summed E-state index contributed by atoms with van der Waals surface area (Å²) in [6, 6.07) is 1.02. The summed E-state index contributed by atoms with van der Waals surface area (Å²) in [6.07, 6.45) is -1.92. The summed E-state index contributed by atoms with van der Waals surface area (Å²) in [5, 5.41) is 7.96. The lowest BCUT2D eigenvalue weighted by atomic mass is 9.90. The Morgan fingerprint density at radius 3 is 2.46 bits per heavy atom. The number of nitrogens with zero attached hydrogens (tertiary/aromatic N) is 7. The van der Waals surface area contributed by atoms with Crippen molar-refractivity contribution in [1.29, 1.82) is 0 Å². The number of halogens is 5. The van der Waals surface area contributed by atoms with Crippen LogP contribution in [0.15, 0.2) is 38.7 Å². The number of rotatable bonds is 4. The summed E-state index contributed by atoms with van der Waals surface area (Å²) in [4.78, 5) is 29.7. The van der Waals surface area contributed by atoms with Crippen LogP contribution in [0.25, 0.3) is 17.2 Å². The second-order valence-electron chi connectivity index (χ2n) is 9.13. The molecular formula is C25H21F5N8O3. The normalized spacial score (nSPS) is 17.9. The van der Waals surface area contributed by atoms with Gasteiger partial charge in [0, 0.05) is 31.4 Å². The van der Waals surface area contributed by atoms with E-state index in [9.17, 15) is 26.7 Å². The molecule has 4 heterocycles. The molecule has 0 aliphatic carbocycles. The van der Waals surface area contributed by atoms with E-state index in [2.05, 4.69) is 30.2 Å². The molecule has 1 aromatic carbocycles. The molecule has 2 aliphatic heterocycles. The molecule has 2 aromatic heterocycles. The summed E-state index contributed by atoms with van der Waals surface area (Å²) in [5.74, 6) is -3.19. The van der Waals surface area contributed by atoms with E-state index < -0.39 is 35.7 Å². The summed E-state index contributed by atoms with van der Waals surface area (Å²) < 4.78 is 77.6. The molecule has 5 rings (SSSR count). The summed E-state index contributed by atoms with van der Waals surface area (Å²) in [5.41, 5.74) is 7.15. The summed E-state index contributed by atoms with van der Waals surface area (Å²) in [7, 11) is 0. The highest BCUT2D eigenvalue weighted by atomic mass is 19.4. The Hall–Kier alpha value is -4.76. The maximum atomic E-state index is 13.9. The van der Waals surface area contributed by atoms with Gasteiger partial charge in [0.1, 0.15) is 5.70 Å². The molecule has 41 heavy (non-hydrogen) atoms. The molecule has 16 heteroatoms. The van der Waals surface area contributed by atoms with Crippen LogP contribution in [-0.2, 0) is 0 Å². The first-order valence-corrected chi connectivity index (χ1v) is 12.2. The zero-order valence-electron chi connectivity index (χ0n) is 21.3. The molecule has 0 saturated carbocycles. The molecule has 214 valence electrons. The standard InChI is InChI=1S/C25H21F5N8O3/c1-12-18(22-37-36-21(41-22)16-5-8-32-17(11-33-16)25(28,29)30)19(35-23(31)34-12)13-6-9-38(10-7-13)24(39)40-20-14(26)3-2-4-15(20)27/h2-5,8,11,13,17H,6-7,9-10H2,1H3,(H2,31,34,35). The van der Waals surface area contributed by atoms with Crippen LogP contribution >= 0.6 is 0 Å². The number of para-hydroxylation sites is 1. The van der Waals surface area contributed by atoms with Crippen LogP contribution in [0.2, 0.25) is 0 Å². The molecule has 1 atom stereocenters. The van der Waals surface area contributed by atoms with Crippen LogP contribution in [0.3, 0.4) is 0 Å². The SMILES string of the molecule is Cc1nc(N)nc(C2CCN(C(=O)Oc3c(F)cccc3F)CC2)c1-c1nnc(C2=CC=NC(C(F)(F)F)C=N2)o1. The van der Waals surface area contributed by atoms with E-state index >= 15 is 0 Å². The molecule has 1 saturated heterocycles. The number of ether oxygens (including phenoxy) is 1. The summed E-state index contributed by atoms with van der Waals surface area (Å²) in [6.45, 7) is 2.01. The third-order valence-electron chi connectivity index (χ3n) is 6.41. The molecule has 2 N–H and O–H groups in total. The van der Waals surface area contributed by atoms with Gasteiger partial charge in [-0.25, -0.2) is 23.5 Å². The second-order valence-corrected chi connectivity index (χ2v) is 9.13. The van der Waals surface area contributed by atoms with E-state index in [4.69, 9.17) is 14.9 Å². The molecule has 2 aliphatic rings. The van der Waals surface area contributed by atoms with E-state index in [-0.39, 0.29) is 42.4 Å². The lowest BCUT2D eigenvalue weighted by Gasteiger charge is -2.31. The minimum absolute atomic E-state index is 0.00553. The Bertz CT molecular complexity index is 1540. The van der Waals surface area contributed by atoms with Crippen molar-refractivity contribution in [2.24, 2.45) is 9.98 Å². The Morgan fingerprint density at radius 1 is 1.10 bits per heavy atom. The molecule has 1 unspecified atom stereocenters. The van der Waals surface area contributed by atoms with Crippen LogP contribution in [0, 0.1) is 18.6 Å².